The van der Waals surface area contributed by atoms with Gasteiger partial charge in [0.1, 0.15) is 4.88 Å². The Morgan fingerprint density at radius 2 is 2.05 bits per heavy atom. The predicted molar refractivity (Wildman–Crippen MR) is 72.2 cm³/mol. The second kappa shape index (κ2) is 6.10. The number of nitrogens with zero attached hydrogens (tertiary/aromatic N) is 2. The minimum atomic E-state index is -0.922. The van der Waals surface area contributed by atoms with Crippen molar-refractivity contribution in [3.63, 3.8) is 0 Å². The highest BCUT2D eigenvalue weighted by molar-refractivity contribution is 7.08. The van der Waals surface area contributed by atoms with Gasteiger partial charge in [0.2, 0.25) is 0 Å². The SMILES string of the molecule is Cc1nnsc1C(=O)NC(CC(=O)O)CC(C)(C)C. The van der Waals surface area contributed by atoms with Crippen molar-refractivity contribution in [2.24, 2.45) is 5.41 Å². The van der Waals surface area contributed by atoms with Gasteiger partial charge in [-0.15, -0.1) is 5.10 Å². The third-order valence-corrected chi connectivity index (χ3v) is 3.30. The summed E-state index contributed by atoms with van der Waals surface area (Å²) in [5.41, 5.74) is 0.501. The number of carboxylic acid groups (broad SMARTS) is 1. The summed E-state index contributed by atoms with van der Waals surface area (Å²) >= 11 is 1.02. The Hall–Kier alpha value is -1.50. The maximum absolute atomic E-state index is 12.0. The van der Waals surface area contributed by atoms with E-state index in [9.17, 15) is 9.59 Å². The number of aryl methyl sites for hydroxylation is 1. The van der Waals surface area contributed by atoms with E-state index in [-0.39, 0.29) is 17.7 Å². The molecule has 0 bridgehead atoms. The summed E-state index contributed by atoms with van der Waals surface area (Å²) in [7, 11) is 0. The molecule has 0 aliphatic rings. The molecular weight excluding hydrogens is 266 g/mol. The zero-order valence-corrected chi connectivity index (χ0v) is 12.4. The normalized spacial score (nSPS) is 13.1. The van der Waals surface area contributed by atoms with E-state index in [1.807, 2.05) is 20.8 Å². The Bertz CT molecular complexity index is 465. The van der Waals surface area contributed by atoms with Crippen LogP contribution in [0.2, 0.25) is 0 Å². The van der Waals surface area contributed by atoms with Gasteiger partial charge in [-0.2, -0.15) is 0 Å². The van der Waals surface area contributed by atoms with Crippen LogP contribution in [-0.2, 0) is 4.79 Å². The molecule has 2 N–H and O–H groups in total. The zero-order chi connectivity index (χ0) is 14.6. The molecule has 0 aliphatic heterocycles. The summed E-state index contributed by atoms with van der Waals surface area (Å²) in [6, 6.07) is -0.397. The average Bonchev–Trinajstić information content (AvgIpc) is 2.60. The summed E-state index contributed by atoms with van der Waals surface area (Å²) < 4.78 is 3.70. The molecule has 1 heterocycles. The summed E-state index contributed by atoms with van der Waals surface area (Å²) in [6.07, 6.45) is 0.505. The molecule has 0 radical (unpaired) electrons. The first-order valence-electron chi connectivity index (χ1n) is 6.00. The second-order valence-corrected chi connectivity index (χ2v) is 6.47. The van der Waals surface area contributed by atoms with Gasteiger partial charge in [0.25, 0.3) is 5.91 Å². The zero-order valence-electron chi connectivity index (χ0n) is 11.6. The molecule has 1 atom stereocenters. The van der Waals surface area contributed by atoms with Gasteiger partial charge in [-0.05, 0) is 30.3 Å². The van der Waals surface area contributed by atoms with Crippen molar-refractivity contribution in [1.29, 1.82) is 0 Å². The number of hydrogen-bond acceptors (Lipinski definition) is 5. The lowest BCUT2D eigenvalue weighted by Gasteiger charge is -2.25. The monoisotopic (exact) mass is 285 g/mol. The van der Waals surface area contributed by atoms with Gasteiger partial charge in [0, 0.05) is 6.04 Å². The highest BCUT2D eigenvalue weighted by Gasteiger charge is 2.24. The lowest BCUT2D eigenvalue weighted by molar-refractivity contribution is -0.137. The van der Waals surface area contributed by atoms with E-state index in [4.69, 9.17) is 5.11 Å². The van der Waals surface area contributed by atoms with Gasteiger partial charge < -0.3 is 10.4 Å². The van der Waals surface area contributed by atoms with Crippen molar-refractivity contribution in [3.05, 3.63) is 10.6 Å². The molecule has 6 nitrogen and oxygen atoms in total. The number of amides is 1. The Labute approximate surface area is 116 Å². The number of carbonyl (C=O) groups is 2. The molecule has 1 aromatic heterocycles. The third-order valence-electron chi connectivity index (χ3n) is 2.47. The fraction of sp³-hybridized carbons (Fsp3) is 0.667. The molecule has 1 unspecified atom stereocenters. The molecule has 1 aromatic rings. The fourth-order valence-electron chi connectivity index (χ4n) is 1.81. The first-order chi connectivity index (χ1) is 8.69. The minimum absolute atomic E-state index is 0.0611. The molecule has 0 saturated carbocycles. The maximum Gasteiger partial charge on any atom is 0.305 e. The molecule has 7 heteroatoms. The van der Waals surface area contributed by atoms with Crippen molar-refractivity contribution >= 4 is 23.4 Å². The molecule has 1 rings (SSSR count). The number of nitrogens with one attached hydrogen (secondary N) is 1. The number of carboxylic acids is 1. The quantitative estimate of drug-likeness (QED) is 0.861. The predicted octanol–water partition coefficient (Wildman–Crippen LogP) is 1.86. The first kappa shape index (κ1) is 15.6. The Morgan fingerprint density at radius 3 is 2.47 bits per heavy atom. The highest BCUT2D eigenvalue weighted by Crippen LogP contribution is 2.22. The molecule has 0 aromatic carbocycles. The summed E-state index contributed by atoms with van der Waals surface area (Å²) in [5.74, 6) is -1.23. The fourth-order valence-corrected chi connectivity index (χ4v) is 2.37. The Balaban J connectivity index is 2.74. The number of aliphatic carboxylic acids is 1. The topological polar surface area (TPSA) is 92.2 Å². The van der Waals surface area contributed by atoms with Gasteiger partial charge >= 0.3 is 5.97 Å². The van der Waals surface area contributed by atoms with Crippen LogP contribution in [0, 0.1) is 12.3 Å². The molecule has 19 heavy (non-hydrogen) atoms. The van der Waals surface area contributed by atoms with Gasteiger partial charge in [0.05, 0.1) is 12.1 Å². The van der Waals surface area contributed by atoms with E-state index in [0.717, 1.165) is 11.5 Å². The van der Waals surface area contributed by atoms with Gasteiger partial charge in [-0.3, -0.25) is 9.59 Å². The Morgan fingerprint density at radius 1 is 1.42 bits per heavy atom. The van der Waals surface area contributed by atoms with Crippen LogP contribution in [0.4, 0.5) is 0 Å². The molecule has 0 fully saturated rings. The summed E-state index contributed by atoms with van der Waals surface area (Å²) in [5, 5.41) is 15.4. The van der Waals surface area contributed by atoms with Crippen molar-refractivity contribution in [2.45, 2.75) is 46.6 Å². The standard InChI is InChI=1S/C12H19N3O3S/c1-7-10(19-15-14-7)11(18)13-8(5-9(16)17)6-12(2,3)4/h8H,5-6H2,1-4H3,(H,13,18)(H,16,17). The molecular formula is C12H19N3O3S. The van der Waals surface area contributed by atoms with Crippen LogP contribution in [0.3, 0.4) is 0 Å². The number of hydrogen-bond donors (Lipinski definition) is 2. The highest BCUT2D eigenvalue weighted by atomic mass is 32.1. The van der Waals surface area contributed by atoms with E-state index in [2.05, 4.69) is 14.9 Å². The number of rotatable bonds is 5. The van der Waals surface area contributed by atoms with Crippen LogP contribution in [-0.4, -0.2) is 32.6 Å². The lowest BCUT2D eigenvalue weighted by atomic mass is 9.87. The third kappa shape index (κ3) is 5.34. The summed E-state index contributed by atoms with van der Waals surface area (Å²) in [6.45, 7) is 7.73. The van der Waals surface area contributed by atoms with Crippen molar-refractivity contribution in [2.75, 3.05) is 0 Å². The van der Waals surface area contributed by atoms with E-state index in [1.165, 1.54) is 0 Å². The van der Waals surface area contributed by atoms with E-state index >= 15 is 0 Å². The van der Waals surface area contributed by atoms with Crippen LogP contribution >= 0.6 is 11.5 Å². The first-order valence-corrected chi connectivity index (χ1v) is 6.78. The van der Waals surface area contributed by atoms with E-state index < -0.39 is 12.0 Å². The summed E-state index contributed by atoms with van der Waals surface area (Å²) in [4.78, 5) is 23.3. The maximum atomic E-state index is 12.0. The van der Waals surface area contributed by atoms with Gasteiger partial charge in [0.15, 0.2) is 0 Å². The van der Waals surface area contributed by atoms with Gasteiger partial charge in [-0.25, -0.2) is 0 Å². The second-order valence-electron chi connectivity index (χ2n) is 5.72. The van der Waals surface area contributed by atoms with Crippen molar-refractivity contribution in [3.8, 4) is 0 Å². The van der Waals surface area contributed by atoms with Gasteiger partial charge in [-0.1, -0.05) is 25.3 Å². The molecule has 0 spiro atoms. The number of aromatic nitrogens is 2. The van der Waals surface area contributed by atoms with E-state index in [1.54, 1.807) is 6.92 Å². The average molecular weight is 285 g/mol. The van der Waals surface area contributed by atoms with Crippen molar-refractivity contribution < 1.29 is 14.7 Å². The van der Waals surface area contributed by atoms with Crippen LogP contribution in [0.15, 0.2) is 0 Å². The van der Waals surface area contributed by atoms with Crippen molar-refractivity contribution in [1.82, 2.24) is 14.9 Å². The smallest absolute Gasteiger partial charge is 0.305 e. The van der Waals surface area contributed by atoms with Crippen LogP contribution in [0.5, 0.6) is 0 Å². The molecule has 1 amide bonds. The largest absolute Gasteiger partial charge is 0.481 e. The van der Waals surface area contributed by atoms with Crippen LogP contribution < -0.4 is 5.32 Å². The van der Waals surface area contributed by atoms with Crippen LogP contribution in [0.25, 0.3) is 0 Å². The molecule has 0 aliphatic carbocycles. The number of carbonyl (C=O) groups excluding carboxylic acids is 1. The lowest BCUT2D eigenvalue weighted by Crippen LogP contribution is -2.39. The Kier molecular flexibility index (Phi) is 4.99. The van der Waals surface area contributed by atoms with Crippen LogP contribution in [0.1, 0.15) is 49.0 Å². The van der Waals surface area contributed by atoms with E-state index in [0.29, 0.717) is 17.0 Å². The molecule has 106 valence electrons. The molecule has 0 saturated heterocycles. The minimum Gasteiger partial charge on any atom is -0.481 e.